The number of hydrogen-bond acceptors (Lipinski definition) is 5. The molecule has 8 heteroatoms. The summed E-state index contributed by atoms with van der Waals surface area (Å²) in [5, 5.41) is 4.64. The topological polar surface area (TPSA) is 92.8 Å². The number of hydrogen-bond donors (Lipinski definition) is 1. The third-order valence-corrected chi connectivity index (χ3v) is 7.01. The molecule has 0 bridgehead atoms. The van der Waals surface area contributed by atoms with Gasteiger partial charge in [-0.05, 0) is 54.5 Å². The van der Waals surface area contributed by atoms with E-state index in [-0.39, 0.29) is 18.2 Å². The lowest BCUT2D eigenvalue weighted by Gasteiger charge is -2.33. The SMILES string of the molecule is CC1CCC2(CC1)NC(=O)N(CCS(=O)(=O)Oc1ccc3ccccc3c1)C2=O. The largest absolute Gasteiger partial charge is 0.382 e. The molecule has 1 spiro atoms. The fourth-order valence-electron chi connectivity index (χ4n) is 4.08. The van der Waals surface area contributed by atoms with Crippen LogP contribution in [0.25, 0.3) is 10.8 Å². The van der Waals surface area contributed by atoms with Crippen LogP contribution in [0.1, 0.15) is 32.6 Å². The number of benzene rings is 2. The average molecular weight is 416 g/mol. The highest BCUT2D eigenvalue weighted by Crippen LogP contribution is 2.36. The van der Waals surface area contributed by atoms with Crippen LogP contribution in [-0.2, 0) is 14.9 Å². The van der Waals surface area contributed by atoms with E-state index in [2.05, 4.69) is 12.2 Å². The molecule has 2 aliphatic rings. The van der Waals surface area contributed by atoms with Crippen LogP contribution in [0.4, 0.5) is 4.79 Å². The zero-order chi connectivity index (χ0) is 20.6. The minimum Gasteiger partial charge on any atom is -0.382 e. The number of fused-ring (bicyclic) bond motifs is 1. The van der Waals surface area contributed by atoms with Crippen molar-refractivity contribution in [2.75, 3.05) is 12.3 Å². The standard InChI is InChI=1S/C21H24N2O5S/c1-15-8-10-21(11-9-15)19(24)23(20(25)22-21)12-13-29(26,27)28-18-7-6-16-4-2-3-5-17(16)14-18/h2-7,14-15H,8-13H2,1H3,(H,22,25). The first kappa shape index (κ1) is 19.7. The first-order chi connectivity index (χ1) is 13.8. The molecule has 0 unspecified atom stereocenters. The van der Waals surface area contributed by atoms with Gasteiger partial charge in [-0.15, -0.1) is 0 Å². The Labute approximate surface area is 170 Å². The van der Waals surface area contributed by atoms with Gasteiger partial charge in [0.1, 0.15) is 17.0 Å². The Morgan fingerprint density at radius 3 is 2.52 bits per heavy atom. The molecule has 29 heavy (non-hydrogen) atoms. The Kier molecular flexibility index (Phi) is 4.98. The molecule has 0 atom stereocenters. The number of nitrogens with one attached hydrogen (secondary N) is 1. The monoisotopic (exact) mass is 416 g/mol. The van der Waals surface area contributed by atoms with Crippen molar-refractivity contribution in [2.24, 2.45) is 5.92 Å². The Morgan fingerprint density at radius 1 is 1.10 bits per heavy atom. The summed E-state index contributed by atoms with van der Waals surface area (Å²) in [5.74, 6) is -0.0464. The predicted molar refractivity (Wildman–Crippen MR) is 109 cm³/mol. The van der Waals surface area contributed by atoms with Crippen molar-refractivity contribution in [1.29, 1.82) is 0 Å². The molecular weight excluding hydrogens is 392 g/mol. The minimum absolute atomic E-state index is 0.207. The smallest absolute Gasteiger partial charge is 0.325 e. The Balaban J connectivity index is 1.42. The van der Waals surface area contributed by atoms with E-state index in [1.807, 2.05) is 24.3 Å². The lowest BCUT2D eigenvalue weighted by molar-refractivity contribution is -0.132. The summed E-state index contributed by atoms with van der Waals surface area (Å²) >= 11 is 0. The molecule has 2 fully saturated rings. The molecule has 1 heterocycles. The number of urea groups is 1. The van der Waals surface area contributed by atoms with Crippen LogP contribution in [0.15, 0.2) is 42.5 Å². The van der Waals surface area contributed by atoms with E-state index >= 15 is 0 Å². The molecule has 1 N–H and O–H groups in total. The summed E-state index contributed by atoms with van der Waals surface area (Å²) in [6.45, 7) is 1.90. The molecule has 0 radical (unpaired) electrons. The Bertz CT molecular complexity index is 1060. The molecular formula is C21H24N2O5S. The zero-order valence-electron chi connectivity index (χ0n) is 16.3. The lowest BCUT2D eigenvalue weighted by atomic mass is 9.77. The second-order valence-corrected chi connectivity index (χ2v) is 9.70. The van der Waals surface area contributed by atoms with Crippen LogP contribution < -0.4 is 9.50 Å². The van der Waals surface area contributed by atoms with Crippen LogP contribution in [0, 0.1) is 5.92 Å². The third-order valence-electron chi connectivity index (χ3n) is 5.88. The molecule has 4 rings (SSSR count). The summed E-state index contributed by atoms with van der Waals surface area (Å²) in [4.78, 5) is 26.2. The molecule has 0 aromatic heterocycles. The van der Waals surface area contributed by atoms with Crippen molar-refractivity contribution in [3.8, 4) is 5.75 Å². The van der Waals surface area contributed by atoms with E-state index in [0.717, 1.165) is 28.5 Å². The van der Waals surface area contributed by atoms with Gasteiger partial charge in [-0.25, -0.2) is 4.79 Å². The molecule has 1 saturated heterocycles. The molecule has 2 aromatic rings. The lowest BCUT2D eigenvalue weighted by Crippen LogP contribution is -2.49. The van der Waals surface area contributed by atoms with Gasteiger partial charge in [-0.1, -0.05) is 37.3 Å². The number of nitrogens with zero attached hydrogens (tertiary/aromatic N) is 1. The normalized spacial score (nSPS) is 24.9. The van der Waals surface area contributed by atoms with Gasteiger partial charge < -0.3 is 9.50 Å². The van der Waals surface area contributed by atoms with Gasteiger partial charge in [-0.2, -0.15) is 8.42 Å². The average Bonchev–Trinajstić information content (AvgIpc) is 2.92. The van der Waals surface area contributed by atoms with Gasteiger partial charge in [0.25, 0.3) is 5.91 Å². The number of imide groups is 1. The molecule has 7 nitrogen and oxygen atoms in total. The fraction of sp³-hybridized carbons (Fsp3) is 0.429. The van der Waals surface area contributed by atoms with Crippen molar-refractivity contribution in [1.82, 2.24) is 10.2 Å². The van der Waals surface area contributed by atoms with E-state index < -0.39 is 27.4 Å². The fourth-order valence-corrected chi connectivity index (χ4v) is 4.97. The second kappa shape index (κ2) is 7.33. The van der Waals surface area contributed by atoms with Crippen LogP contribution in [-0.4, -0.2) is 43.1 Å². The summed E-state index contributed by atoms with van der Waals surface area (Å²) in [6.07, 6.45) is 2.91. The second-order valence-electron chi connectivity index (χ2n) is 8.01. The van der Waals surface area contributed by atoms with Crippen LogP contribution in [0.2, 0.25) is 0 Å². The molecule has 2 aromatic carbocycles. The first-order valence-electron chi connectivity index (χ1n) is 9.83. The Hall–Kier alpha value is -2.61. The minimum atomic E-state index is -3.96. The molecule has 154 valence electrons. The molecule has 3 amide bonds. The highest BCUT2D eigenvalue weighted by atomic mass is 32.2. The van der Waals surface area contributed by atoms with Crippen LogP contribution in [0.5, 0.6) is 5.75 Å². The zero-order valence-corrected chi connectivity index (χ0v) is 17.1. The number of carbonyl (C=O) groups excluding carboxylic acids is 2. The summed E-state index contributed by atoms with van der Waals surface area (Å²) < 4.78 is 30.0. The molecule has 1 saturated carbocycles. The van der Waals surface area contributed by atoms with Gasteiger partial charge >= 0.3 is 16.1 Å². The number of amides is 3. The van der Waals surface area contributed by atoms with Gasteiger partial charge in [0.15, 0.2) is 0 Å². The van der Waals surface area contributed by atoms with E-state index in [9.17, 15) is 18.0 Å². The van der Waals surface area contributed by atoms with Gasteiger partial charge in [0.05, 0.1) is 0 Å². The van der Waals surface area contributed by atoms with E-state index in [4.69, 9.17) is 4.18 Å². The van der Waals surface area contributed by atoms with Crippen molar-refractivity contribution >= 4 is 32.8 Å². The van der Waals surface area contributed by atoms with Gasteiger partial charge in [0.2, 0.25) is 0 Å². The third kappa shape index (κ3) is 3.94. The van der Waals surface area contributed by atoms with Crippen molar-refractivity contribution in [2.45, 2.75) is 38.1 Å². The highest BCUT2D eigenvalue weighted by molar-refractivity contribution is 7.87. The maximum Gasteiger partial charge on any atom is 0.325 e. The maximum atomic E-state index is 12.8. The predicted octanol–water partition coefficient (Wildman–Crippen LogP) is 3.05. The quantitative estimate of drug-likeness (QED) is 0.597. The molecule has 1 aliphatic heterocycles. The molecule has 1 aliphatic carbocycles. The maximum absolute atomic E-state index is 12.8. The summed E-state index contributed by atoms with van der Waals surface area (Å²) in [5.41, 5.74) is -0.868. The number of carbonyl (C=O) groups is 2. The Morgan fingerprint density at radius 2 is 1.79 bits per heavy atom. The number of rotatable bonds is 5. The van der Waals surface area contributed by atoms with E-state index in [1.54, 1.807) is 18.2 Å². The van der Waals surface area contributed by atoms with E-state index in [1.165, 1.54) is 0 Å². The first-order valence-corrected chi connectivity index (χ1v) is 11.4. The van der Waals surface area contributed by atoms with Crippen molar-refractivity contribution < 1.29 is 22.2 Å². The van der Waals surface area contributed by atoms with Gasteiger partial charge in [0, 0.05) is 6.54 Å². The van der Waals surface area contributed by atoms with Crippen LogP contribution in [0.3, 0.4) is 0 Å². The van der Waals surface area contributed by atoms with E-state index in [0.29, 0.717) is 18.8 Å². The van der Waals surface area contributed by atoms with Crippen molar-refractivity contribution in [3.63, 3.8) is 0 Å². The van der Waals surface area contributed by atoms with Gasteiger partial charge in [-0.3, -0.25) is 9.69 Å². The summed E-state index contributed by atoms with van der Waals surface area (Å²) in [6, 6.07) is 12.1. The van der Waals surface area contributed by atoms with Crippen LogP contribution >= 0.6 is 0 Å². The summed E-state index contributed by atoms with van der Waals surface area (Å²) in [7, 11) is -3.96. The highest BCUT2D eigenvalue weighted by Gasteiger charge is 2.52. The van der Waals surface area contributed by atoms with Crippen molar-refractivity contribution in [3.05, 3.63) is 42.5 Å².